The summed E-state index contributed by atoms with van der Waals surface area (Å²) < 4.78 is 0. The maximum atomic E-state index is 9.12. The number of hydrogen-bond acceptors (Lipinski definition) is 2. The van der Waals surface area contributed by atoms with E-state index in [4.69, 9.17) is 5.11 Å². The minimum absolute atomic E-state index is 0.288. The Morgan fingerprint density at radius 1 is 0.938 bits per heavy atom. The van der Waals surface area contributed by atoms with Crippen LogP contribution in [-0.4, -0.2) is 11.3 Å². The van der Waals surface area contributed by atoms with E-state index in [0.717, 1.165) is 11.1 Å². The van der Waals surface area contributed by atoms with E-state index in [1.54, 1.807) is 12.1 Å². The second-order valence-corrected chi connectivity index (χ2v) is 3.55. The molecule has 0 aliphatic heterocycles. The molecule has 0 heterocycles. The van der Waals surface area contributed by atoms with Gasteiger partial charge in [-0.1, -0.05) is 42.5 Å². The predicted octanol–water partition coefficient (Wildman–Crippen LogP) is 3.01. The van der Waals surface area contributed by atoms with Crippen LogP contribution in [0.2, 0.25) is 0 Å². The fraction of sp³-hybridized carbons (Fsp3) is 0.0714. The van der Waals surface area contributed by atoms with Gasteiger partial charge in [0.15, 0.2) is 0 Å². The molecule has 1 N–H and O–H groups in total. The SMILES string of the molecule is Oc1ccc(CN=Cc2ccccc2)cc1. The van der Waals surface area contributed by atoms with Gasteiger partial charge in [0.1, 0.15) is 5.75 Å². The monoisotopic (exact) mass is 211 g/mol. The van der Waals surface area contributed by atoms with Crippen LogP contribution < -0.4 is 0 Å². The summed E-state index contributed by atoms with van der Waals surface area (Å²) in [6.45, 7) is 0.634. The number of nitrogens with zero attached hydrogens (tertiary/aromatic N) is 1. The first-order chi connectivity index (χ1) is 7.84. The lowest BCUT2D eigenvalue weighted by Crippen LogP contribution is -1.83. The average Bonchev–Trinajstić information content (AvgIpc) is 2.33. The van der Waals surface area contributed by atoms with E-state index in [1.165, 1.54) is 0 Å². The van der Waals surface area contributed by atoms with Crippen molar-refractivity contribution < 1.29 is 5.11 Å². The molecule has 0 bridgehead atoms. The Hall–Kier alpha value is -2.09. The summed E-state index contributed by atoms with van der Waals surface area (Å²) >= 11 is 0. The fourth-order valence-corrected chi connectivity index (χ4v) is 1.40. The molecular formula is C14H13NO. The van der Waals surface area contributed by atoms with Gasteiger partial charge in [-0.15, -0.1) is 0 Å². The number of phenolic OH excluding ortho intramolecular Hbond substituents is 1. The Morgan fingerprint density at radius 3 is 2.31 bits per heavy atom. The lowest BCUT2D eigenvalue weighted by molar-refractivity contribution is 0.475. The van der Waals surface area contributed by atoms with Crippen molar-refractivity contribution >= 4 is 6.21 Å². The Labute approximate surface area is 94.9 Å². The maximum Gasteiger partial charge on any atom is 0.115 e. The van der Waals surface area contributed by atoms with E-state index >= 15 is 0 Å². The third-order valence-corrected chi connectivity index (χ3v) is 2.25. The molecule has 2 nitrogen and oxygen atoms in total. The normalized spacial score (nSPS) is 10.8. The Morgan fingerprint density at radius 2 is 1.62 bits per heavy atom. The summed E-state index contributed by atoms with van der Waals surface area (Å²) in [4.78, 5) is 4.33. The quantitative estimate of drug-likeness (QED) is 0.778. The van der Waals surface area contributed by atoms with Crippen molar-refractivity contribution in [3.63, 3.8) is 0 Å². The van der Waals surface area contributed by atoms with Crippen molar-refractivity contribution in [3.8, 4) is 5.75 Å². The molecule has 0 radical (unpaired) electrons. The molecule has 16 heavy (non-hydrogen) atoms. The van der Waals surface area contributed by atoms with Gasteiger partial charge in [-0.3, -0.25) is 4.99 Å². The molecule has 0 fully saturated rings. The molecule has 0 aliphatic rings. The van der Waals surface area contributed by atoms with Crippen LogP contribution in [0.3, 0.4) is 0 Å². The number of aromatic hydroxyl groups is 1. The van der Waals surface area contributed by atoms with Crippen molar-refractivity contribution in [2.45, 2.75) is 6.54 Å². The number of rotatable bonds is 3. The molecule has 2 aromatic carbocycles. The van der Waals surface area contributed by atoms with Gasteiger partial charge in [0, 0.05) is 6.21 Å². The molecule has 2 heteroatoms. The second-order valence-electron chi connectivity index (χ2n) is 3.55. The lowest BCUT2D eigenvalue weighted by atomic mass is 10.2. The largest absolute Gasteiger partial charge is 0.508 e. The minimum Gasteiger partial charge on any atom is -0.508 e. The first-order valence-electron chi connectivity index (χ1n) is 5.17. The van der Waals surface area contributed by atoms with Gasteiger partial charge in [-0.25, -0.2) is 0 Å². The van der Waals surface area contributed by atoms with Crippen molar-refractivity contribution in [2.75, 3.05) is 0 Å². The van der Waals surface area contributed by atoms with Crippen LogP contribution in [0.1, 0.15) is 11.1 Å². The molecular weight excluding hydrogens is 198 g/mol. The summed E-state index contributed by atoms with van der Waals surface area (Å²) in [6.07, 6.45) is 1.85. The average molecular weight is 211 g/mol. The van der Waals surface area contributed by atoms with Crippen LogP contribution in [-0.2, 0) is 6.54 Å². The van der Waals surface area contributed by atoms with Crippen molar-refractivity contribution in [3.05, 3.63) is 65.7 Å². The minimum atomic E-state index is 0.288. The van der Waals surface area contributed by atoms with Gasteiger partial charge < -0.3 is 5.11 Å². The summed E-state index contributed by atoms with van der Waals surface area (Å²) in [7, 11) is 0. The molecule has 0 amide bonds. The molecule has 0 saturated carbocycles. The summed E-state index contributed by atoms with van der Waals surface area (Å²) in [5, 5.41) is 9.12. The fourth-order valence-electron chi connectivity index (χ4n) is 1.40. The molecule has 80 valence electrons. The Balaban J connectivity index is 1.97. The van der Waals surface area contributed by atoms with Crippen molar-refractivity contribution in [2.24, 2.45) is 4.99 Å². The molecule has 2 aromatic rings. The molecule has 0 atom stereocenters. The van der Waals surface area contributed by atoms with Crippen LogP contribution in [0.25, 0.3) is 0 Å². The molecule has 0 saturated heterocycles. The summed E-state index contributed by atoms with van der Waals surface area (Å²) in [6, 6.07) is 17.1. The smallest absolute Gasteiger partial charge is 0.115 e. The van der Waals surface area contributed by atoms with E-state index in [9.17, 15) is 0 Å². The topological polar surface area (TPSA) is 32.6 Å². The molecule has 0 unspecified atom stereocenters. The first kappa shape index (κ1) is 10.4. The summed E-state index contributed by atoms with van der Waals surface area (Å²) in [5.74, 6) is 0.288. The third kappa shape index (κ3) is 2.95. The van der Waals surface area contributed by atoms with Crippen LogP contribution in [0.4, 0.5) is 0 Å². The summed E-state index contributed by atoms with van der Waals surface area (Å²) in [5.41, 5.74) is 2.19. The highest BCUT2D eigenvalue weighted by molar-refractivity contribution is 5.79. The van der Waals surface area contributed by atoms with Gasteiger partial charge in [-0.2, -0.15) is 0 Å². The zero-order chi connectivity index (χ0) is 11.2. The highest BCUT2D eigenvalue weighted by Gasteiger charge is 1.90. The highest BCUT2D eigenvalue weighted by Crippen LogP contribution is 2.10. The van der Waals surface area contributed by atoms with Gasteiger partial charge in [0.25, 0.3) is 0 Å². The van der Waals surface area contributed by atoms with E-state index in [-0.39, 0.29) is 5.75 Å². The third-order valence-electron chi connectivity index (χ3n) is 2.25. The standard InChI is InChI=1S/C14H13NO/c16-14-8-6-13(7-9-14)11-15-10-12-4-2-1-3-5-12/h1-10,16H,11H2. The zero-order valence-electron chi connectivity index (χ0n) is 8.88. The van der Waals surface area contributed by atoms with E-state index in [1.807, 2.05) is 48.7 Å². The van der Waals surface area contributed by atoms with Gasteiger partial charge in [-0.05, 0) is 23.3 Å². The van der Waals surface area contributed by atoms with Crippen LogP contribution >= 0.6 is 0 Å². The molecule has 2 rings (SSSR count). The second kappa shape index (κ2) is 5.12. The van der Waals surface area contributed by atoms with E-state index in [0.29, 0.717) is 6.54 Å². The van der Waals surface area contributed by atoms with Gasteiger partial charge in [0.05, 0.1) is 6.54 Å². The molecule has 0 aliphatic carbocycles. The van der Waals surface area contributed by atoms with Crippen molar-refractivity contribution in [1.29, 1.82) is 0 Å². The van der Waals surface area contributed by atoms with Gasteiger partial charge >= 0.3 is 0 Å². The number of phenols is 1. The van der Waals surface area contributed by atoms with E-state index < -0.39 is 0 Å². The highest BCUT2D eigenvalue weighted by atomic mass is 16.3. The number of benzene rings is 2. The number of aliphatic imine (C=N–C) groups is 1. The van der Waals surface area contributed by atoms with E-state index in [2.05, 4.69) is 4.99 Å². The lowest BCUT2D eigenvalue weighted by Gasteiger charge is -1.96. The van der Waals surface area contributed by atoms with Crippen molar-refractivity contribution in [1.82, 2.24) is 0 Å². The Bertz CT molecular complexity index is 460. The van der Waals surface area contributed by atoms with Crippen LogP contribution in [0.15, 0.2) is 59.6 Å². The van der Waals surface area contributed by atoms with Crippen LogP contribution in [0.5, 0.6) is 5.75 Å². The van der Waals surface area contributed by atoms with Crippen LogP contribution in [0, 0.1) is 0 Å². The number of hydrogen-bond donors (Lipinski definition) is 1. The molecule has 0 spiro atoms. The predicted molar refractivity (Wildman–Crippen MR) is 65.8 cm³/mol. The molecule has 0 aromatic heterocycles. The zero-order valence-corrected chi connectivity index (χ0v) is 8.88. The Kier molecular flexibility index (Phi) is 3.34. The maximum absolute atomic E-state index is 9.12. The van der Waals surface area contributed by atoms with Gasteiger partial charge in [0.2, 0.25) is 0 Å². The first-order valence-corrected chi connectivity index (χ1v) is 5.17.